The molecular weight excluding hydrogens is 230 g/mol. The van der Waals surface area contributed by atoms with E-state index in [1.807, 2.05) is 43.3 Å². The van der Waals surface area contributed by atoms with Crippen molar-refractivity contribution >= 4 is 11.8 Å². The Hall–Kier alpha value is -2.23. The van der Waals surface area contributed by atoms with Crippen molar-refractivity contribution in [1.82, 2.24) is 0 Å². The summed E-state index contributed by atoms with van der Waals surface area (Å²) in [6, 6.07) is 11.2. The molecule has 18 heavy (non-hydrogen) atoms. The van der Waals surface area contributed by atoms with Gasteiger partial charge in [0.15, 0.2) is 0 Å². The lowest BCUT2D eigenvalue weighted by Crippen LogP contribution is -2.12. The lowest BCUT2D eigenvalue weighted by molar-refractivity contribution is 0.168. The molecular formula is C14H15NO3. The molecule has 0 unspecified atom stereocenters. The maximum Gasteiger partial charge on any atom is 0.411 e. The maximum atomic E-state index is 11.2. The Morgan fingerprint density at radius 3 is 2.50 bits per heavy atom. The van der Waals surface area contributed by atoms with Crippen LogP contribution in [0.2, 0.25) is 0 Å². The lowest BCUT2D eigenvalue weighted by atomic mass is 10.1. The molecule has 1 aromatic carbocycles. The number of anilines is 1. The van der Waals surface area contributed by atoms with E-state index in [1.165, 1.54) is 0 Å². The molecule has 0 bridgehead atoms. The molecule has 2 aromatic rings. The molecule has 0 saturated heterocycles. The minimum absolute atomic E-state index is 0.357. The van der Waals surface area contributed by atoms with Gasteiger partial charge in [-0.05, 0) is 50.2 Å². The Bertz CT molecular complexity index is 528. The van der Waals surface area contributed by atoms with E-state index >= 15 is 0 Å². The topological polar surface area (TPSA) is 51.5 Å². The molecule has 0 aliphatic carbocycles. The van der Waals surface area contributed by atoms with Gasteiger partial charge < -0.3 is 9.15 Å². The van der Waals surface area contributed by atoms with E-state index in [2.05, 4.69) is 5.32 Å². The Morgan fingerprint density at radius 1 is 1.22 bits per heavy atom. The van der Waals surface area contributed by atoms with Crippen LogP contribution in [-0.2, 0) is 4.74 Å². The number of ether oxygens (including phenoxy) is 1. The highest BCUT2D eigenvalue weighted by Crippen LogP contribution is 2.23. The molecule has 1 aromatic heterocycles. The van der Waals surface area contributed by atoms with E-state index in [9.17, 15) is 4.79 Å². The second-order valence-electron chi connectivity index (χ2n) is 3.83. The summed E-state index contributed by atoms with van der Waals surface area (Å²) in [4.78, 5) is 11.2. The summed E-state index contributed by atoms with van der Waals surface area (Å²) in [5.74, 6) is 1.69. The highest BCUT2D eigenvalue weighted by atomic mass is 16.5. The first-order chi connectivity index (χ1) is 8.69. The Kier molecular flexibility index (Phi) is 3.67. The molecule has 4 nitrogen and oxygen atoms in total. The Balaban J connectivity index is 2.08. The van der Waals surface area contributed by atoms with Crippen molar-refractivity contribution in [2.24, 2.45) is 0 Å². The van der Waals surface area contributed by atoms with Crippen LogP contribution in [0.15, 0.2) is 40.8 Å². The second kappa shape index (κ2) is 5.40. The van der Waals surface area contributed by atoms with Crippen LogP contribution in [0, 0.1) is 6.92 Å². The summed E-state index contributed by atoms with van der Waals surface area (Å²) in [6.45, 7) is 4.03. The van der Waals surface area contributed by atoms with Crippen LogP contribution in [-0.4, -0.2) is 12.7 Å². The minimum Gasteiger partial charge on any atom is -0.461 e. The molecule has 4 heteroatoms. The highest BCUT2D eigenvalue weighted by molar-refractivity contribution is 5.84. The molecule has 0 saturated carbocycles. The first-order valence-corrected chi connectivity index (χ1v) is 5.79. The van der Waals surface area contributed by atoms with E-state index < -0.39 is 6.09 Å². The molecule has 94 valence electrons. The molecule has 1 N–H and O–H groups in total. The third kappa shape index (κ3) is 2.91. The number of rotatable bonds is 3. The standard InChI is InChI=1S/C14H15NO3/c1-3-17-14(16)15-12-7-5-11(6-8-12)13-9-4-10(2)18-13/h4-9H,3H2,1-2H3,(H,15,16). The average molecular weight is 245 g/mol. The number of furan rings is 1. The number of aryl methyl sites for hydroxylation is 1. The van der Waals surface area contributed by atoms with Gasteiger partial charge in [0.05, 0.1) is 6.61 Å². The number of benzene rings is 1. The van der Waals surface area contributed by atoms with Gasteiger partial charge in [-0.25, -0.2) is 4.79 Å². The van der Waals surface area contributed by atoms with Crippen molar-refractivity contribution in [3.63, 3.8) is 0 Å². The van der Waals surface area contributed by atoms with Gasteiger partial charge in [-0.3, -0.25) is 5.32 Å². The molecule has 0 atom stereocenters. The van der Waals surface area contributed by atoms with Gasteiger partial charge in [-0.1, -0.05) is 0 Å². The highest BCUT2D eigenvalue weighted by Gasteiger charge is 2.04. The van der Waals surface area contributed by atoms with Gasteiger partial charge in [0.1, 0.15) is 11.5 Å². The number of hydrogen-bond donors (Lipinski definition) is 1. The van der Waals surface area contributed by atoms with Gasteiger partial charge >= 0.3 is 6.09 Å². The van der Waals surface area contributed by atoms with E-state index in [0.29, 0.717) is 12.3 Å². The van der Waals surface area contributed by atoms with Gasteiger partial charge in [0.2, 0.25) is 0 Å². The third-order valence-electron chi connectivity index (χ3n) is 2.43. The molecule has 1 heterocycles. The van der Waals surface area contributed by atoms with Crippen LogP contribution >= 0.6 is 0 Å². The normalized spacial score (nSPS) is 10.1. The largest absolute Gasteiger partial charge is 0.461 e. The van der Waals surface area contributed by atoms with Crippen LogP contribution in [0.5, 0.6) is 0 Å². The van der Waals surface area contributed by atoms with E-state index in [-0.39, 0.29) is 0 Å². The van der Waals surface area contributed by atoms with E-state index in [0.717, 1.165) is 17.1 Å². The maximum absolute atomic E-state index is 11.2. The average Bonchev–Trinajstić information content (AvgIpc) is 2.77. The number of amides is 1. The number of hydrogen-bond acceptors (Lipinski definition) is 3. The third-order valence-corrected chi connectivity index (χ3v) is 2.43. The summed E-state index contributed by atoms with van der Waals surface area (Å²) in [5, 5.41) is 2.63. The molecule has 0 fully saturated rings. The van der Waals surface area contributed by atoms with Crippen LogP contribution in [0.1, 0.15) is 12.7 Å². The number of carbonyl (C=O) groups excluding carboxylic acids is 1. The van der Waals surface area contributed by atoms with Gasteiger partial charge in [0, 0.05) is 11.3 Å². The summed E-state index contributed by atoms with van der Waals surface area (Å²) in [7, 11) is 0. The quantitative estimate of drug-likeness (QED) is 0.894. The minimum atomic E-state index is -0.445. The zero-order valence-electron chi connectivity index (χ0n) is 10.4. The predicted molar refractivity (Wildman–Crippen MR) is 69.5 cm³/mol. The smallest absolute Gasteiger partial charge is 0.411 e. The molecule has 0 spiro atoms. The van der Waals surface area contributed by atoms with Crippen LogP contribution in [0.4, 0.5) is 10.5 Å². The zero-order chi connectivity index (χ0) is 13.0. The van der Waals surface area contributed by atoms with Gasteiger partial charge in [-0.2, -0.15) is 0 Å². The summed E-state index contributed by atoms with van der Waals surface area (Å²) in [6.07, 6.45) is -0.445. The first kappa shape index (κ1) is 12.2. The van der Waals surface area contributed by atoms with E-state index in [1.54, 1.807) is 6.92 Å². The zero-order valence-corrected chi connectivity index (χ0v) is 10.4. The van der Waals surface area contributed by atoms with Crippen molar-refractivity contribution in [2.75, 3.05) is 11.9 Å². The molecule has 0 aliphatic rings. The van der Waals surface area contributed by atoms with Crippen LogP contribution < -0.4 is 5.32 Å². The van der Waals surface area contributed by atoms with Crippen molar-refractivity contribution in [1.29, 1.82) is 0 Å². The van der Waals surface area contributed by atoms with Crippen molar-refractivity contribution < 1.29 is 13.9 Å². The van der Waals surface area contributed by atoms with Crippen molar-refractivity contribution in [2.45, 2.75) is 13.8 Å². The monoisotopic (exact) mass is 245 g/mol. The molecule has 2 rings (SSSR count). The number of carbonyl (C=O) groups is 1. The molecule has 1 amide bonds. The van der Waals surface area contributed by atoms with Crippen LogP contribution in [0.25, 0.3) is 11.3 Å². The second-order valence-corrected chi connectivity index (χ2v) is 3.83. The SMILES string of the molecule is CCOC(=O)Nc1ccc(-c2ccc(C)o2)cc1. The lowest BCUT2D eigenvalue weighted by Gasteiger charge is -2.05. The van der Waals surface area contributed by atoms with Crippen molar-refractivity contribution in [3.8, 4) is 11.3 Å². The summed E-state index contributed by atoms with van der Waals surface area (Å²) in [5.41, 5.74) is 1.66. The Labute approximate surface area is 106 Å². The predicted octanol–water partition coefficient (Wildman–Crippen LogP) is 3.82. The molecule has 0 radical (unpaired) electrons. The fourth-order valence-electron chi connectivity index (χ4n) is 1.59. The number of nitrogens with one attached hydrogen (secondary N) is 1. The fraction of sp³-hybridized carbons (Fsp3) is 0.214. The fourth-order valence-corrected chi connectivity index (χ4v) is 1.59. The summed E-state index contributed by atoms with van der Waals surface area (Å²) < 4.78 is 10.3. The first-order valence-electron chi connectivity index (χ1n) is 5.79. The van der Waals surface area contributed by atoms with Gasteiger partial charge in [0.25, 0.3) is 0 Å². The summed E-state index contributed by atoms with van der Waals surface area (Å²) >= 11 is 0. The van der Waals surface area contributed by atoms with Crippen LogP contribution in [0.3, 0.4) is 0 Å². The Morgan fingerprint density at radius 2 is 1.94 bits per heavy atom. The van der Waals surface area contributed by atoms with Crippen molar-refractivity contribution in [3.05, 3.63) is 42.2 Å². The van der Waals surface area contributed by atoms with Gasteiger partial charge in [-0.15, -0.1) is 0 Å². The van der Waals surface area contributed by atoms with E-state index in [4.69, 9.17) is 9.15 Å². The molecule has 0 aliphatic heterocycles.